The fourth-order valence-corrected chi connectivity index (χ4v) is 13.3. The van der Waals surface area contributed by atoms with Crippen molar-refractivity contribution >= 4 is 37.9 Å². The number of sulfone groups is 1. The van der Waals surface area contributed by atoms with Crippen LogP contribution in [0.3, 0.4) is 0 Å². The molecule has 92 heavy (non-hydrogen) atoms. The Hall–Kier alpha value is -8.27. The number of nitrogens with two attached hydrogens (primary N) is 1. The first-order valence-corrected chi connectivity index (χ1v) is 33.5. The van der Waals surface area contributed by atoms with Crippen molar-refractivity contribution in [3.05, 3.63) is 142 Å². The summed E-state index contributed by atoms with van der Waals surface area (Å²) in [6, 6.07) is 28.6. The highest BCUT2D eigenvalue weighted by Crippen LogP contribution is 2.38. The van der Waals surface area contributed by atoms with Gasteiger partial charge in [0.25, 0.3) is 0 Å². The molecule has 0 aliphatic carbocycles. The maximum Gasteiger partial charge on any atom is 0.247 e. The third-order valence-electron chi connectivity index (χ3n) is 17.1. The van der Waals surface area contributed by atoms with Gasteiger partial charge in [-0.05, 0) is 139 Å². The zero-order chi connectivity index (χ0) is 64.2. The smallest absolute Gasteiger partial charge is 0.247 e. The van der Waals surface area contributed by atoms with E-state index in [2.05, 4.69) is 70.7 Å². The van der Waals surface area contributed by atoms with Crippen molar-refractivity contribution in [3.63, 3.8) is 0 Å². The number of aryl methyl sites for hydroxylation is 6. The second kappa shape index (κ2) is 27.9. The molecule has 25 heteroatoms. The molecule has 0 radical (unpaired) electrons. The van der Waals surface area contributed by atoms with Crippen LogP contribution < -0.4 is 11.1 Å². The number of pyridine rings is 2. The molecule has 14 rings (SSSR count). The van der Waals surface area contributed by atoms with Crippen molar-refractivity contribution in [1.82, 2.24) is 69.6 Å². The summed E-state index contributed by atoms with van der Waals surface area (Å²) in [7, 11) is -3.58. The highest BCUT2D eigenvalue weighted by Gasteiger charge is 2.31. The molecule has 4 aliphatic rings. The van der Waals surface area contributed by atoms with Crippen LogP contribution in [0.5, 0.6) is 0 Å². The molecule has 0 saturated carbocycles. The molecule has 8 aromatic heterocycles. The van der Waals surface area contributed by atoms with E-state index in [1.54, 1.807) is 4.68 Å². The second-order valence-corrected chi connectivity index (χ2v) is 26.6. The molecule has 4 fully saturated rings. The maximum absolute atomic E-state index is 12.1. The highest BCUT2D eigenvalue weighted by molar-refractivity contribution is 7.90. The van der Waals surface area contributed by atoms with E-state index in [0.717, 1.165) is 157 Å². The SMILES string of the molecule is Cc1cnc(N[C@H]2C[C@@H](O)CN(Cc3ccccc3)C2)nc1-c1nn(C2CCCCO2)c2nc(-c3c(C)noc3C)ccc12.Cc1cnc(S(C)(=O)=O)nc1-c1nn(C2CCCCO2)c2nc(-c3c(C)noc3C)ccc12.N[C@H]1C[C@@H](O)CN(Cc2ccccc2)C1. The molecular formula is C67H80N16O8S. The first kappa shape index (κ1) is 63.9. The standard InChI is InChI=1S/C33H38N8O3.C22H24N6O4S.C12H18N2O/c1-20-16-34-33(35-24-15-25(42)19-40(18-24)17-23-9-5-4-6-10-23)37-30(20)31-26-12-13-27(29-21(2)39-44-22(29)3)36-32(26)41(38-31)28-11-7-8-14-43-28;1-12-11-23-22(33(4,29)30)25-19(12)20-15-8-9-16(18-13(2)27-32-14(18)3)24-21(15)28(26-20)17-7-5-6-10-31-17;13-11-6-12(15)9-14(8-11)7-10-4-2-1-3-5-10/h4-6,9-10,12-13,16,24-25,28,42H,7-8,11,14-15,17-19H2,1-3H3,(H,34,35,37);8-9,11,17H,5-7,10H2,1-4H3;1-5,11-12,15H,6-9,13H2/t24-,25+,28?;;11-,12+/m0.0/s1. The van der Waals surface area contributed by atoms with Gasteiger partial charge in [-0.2, -0.15) is 10.2 Å². The van der Waals surface area contributed by atoms with Crippen molar-refractivity contribution in [2.75, 3.05) is 51.0 Å². The number of benzene rings is 2. The van der Waals surface area contributed by atoms with E-state index in [-0.39, 0.29) is 35.8 Å². The van der Waals surface area contributed by atoms with E-state index in [9.17, 15) is 18.6 Å². The summed E-state index contributed by atoms with van der Waals surface area (Å²) < 4.78 is 50.8. The molecule has 24 nitrogen and oxygen atoms in total. The van der Waals surface area contributed by atoms with Crippen LogP contribution in [0.1, 0.15) is 109 Å². The van der Waals surface area contributed by atoms with Gasteiger partial charge in [0.05, 0.1) is 57.5 Å². The normalized spacial score (nSPS) is 20.8. The van der Waals surface area contributed by atoms with Crippen LogP contribution in [0.2, 0.25) is 0 Å². The van der Waals surface area contributed by atoms with Crippen LogP contribution in [0.15, 0.2) is 112 Å². The number of aliphatic hydroxyl groups is 2. The molecule has 4 saturated heterocycles. The summed E-state index contributed by atoms with van der Waals surface area (Å²) in [6.45, 7) is 17.4. The van der Waals surface area contributed by atoms with Gasteiger partial charge in [0.2, 0.25) is 20.9 Å². The predicted molar refractivity (Wildman–Crippen MR) is 347 cm³/mol. The van der Waals surface area contributed by atoms with E-state index >= 15 is 0 Å². The average molecular weight is 1270 g/mol. The molecular weight excluding hydrogens is 1190 g/mol. The lowest BCUT2D eigenvalue weighted by molar-refractivity contribution is -0.0369. The Morgan fingerprint density at radius 3 is 1.53 bits per heavy atom. The van der Waals surface area contributed by atoms with E-state index in [0.29, 0.717) is 60.5 Å². The van der Waals surface area contributed by atoms with Gasteiger partial charge < -0.3 is 39.8 Å². The minimum atomic E-state index is -3.58. The van der Waals surface area contributed by atoms with Crippen LogP contribution >= 0.6 is 0 Å². The van der Waals surface area contributed by atoms with Crippen molar-refractivity contribution in [1.29, 1.82) is 0 Å². The number of hydrogen-bond acceptors (Lipinski definition) is 22. The number of anilines is 1. The number of likely N-dealkylation sites (tertiary alicyclic amines) is 2. The Morgan fingerprint density at radius 1 is 0.576 bits per heavy atom. The molecule has 10 aromatic rings. The molecule has 0 amide bonds. The van der Waals surface area contributed by atoms with E-state index in [1.807, 2.05) is 107 Å². The molecule has 0 bridgehead atoms. The summed E-state index contributed by atoms with van der Waals surface area (Å²) >= 11 is 0. The molecule has 12 heterocycles. The van der Waals surface area contributed by atoms with E-state index in [4.69, 9.17) is 49.4 Å². The van der Waals surface area contributed by atoms with E-state index in [1.165, 1.54) is 17.3 Å². The molecule has 5 N–H and O–H groups in total. The summed E-state index contributed by atoms with van der Waals surface area (Å²) in [4.78, 5) is 32.5. The number of β-amino-alcohol motifs (C(OH)–C–C–N with tert-alkyl or cyclic N) is 2. The topological polar surface area (TPSA) is 303 Å². The third kappa shape index (κ3) is 14.5. The lowest BCUT2D eigenvalue weighted by Crippen LogP contribution is -2.48. The Bertz CT molecular complexity index is 4250. The predicted octanol–water partition coefficient (Wildman–Crippen LogP) is 9.37. The zero-order valence-electron chi connectivity index (χ0n) is 53.1. The first-order valence-electron chi connectivity index (χ1n) is 31.6. The van der Waals surface area contributed by atoms with Crippen molar-refractivity contribution in [2.45, 2.75) is 148 Å². The summed E-state index contributed by atoms with van der Waals surface area (Å²) in [5, 5.41) is 43.3. The van der Waals surface area contributed by atoms with E-state index < -0.39 is 15.9 Å². The van der Waals surface area contributed by atoms with Crippen molar-refractivity contribution in [2.24, 2.45) is 5.73 Å². The number of nitrogens with zero attached hydrogens (tertiary/aromatic N) is 14. The fraction of sp³-hybridized carbons (Fsp3) is 0.433. The number of piperidine rings is 2. The van der Waals surface area contributed by atoms with Gasteiger partial charge >= 0.3 is 0 Å². The Balaban J connectivity index is 0.000000149. The quantitative estimate of drug-likeness (QED) is 0.0781. The third-order valence-corrected chi connectivity index (χ3v) is 18.0. The number of aromatic nitrogens is 12. The van der Waals surface area contributed by atoms with Crippen LogP contribution in [-0.2, 0) is 32.4 Å². The van der Waals surface area contributed by atoms with Crippen LogP contribution in [0, 0.1) is 41.5 Å². The Morgan fingerprint density at radius 2 is 1.07 bits per heavy atom. The number of rotatable bonds is 13. The monoisotopic (exact) mass is 1270 g/mol. The van der Waals surface area contributed by atoms with Gasteiger partial charge in [-0.25, -0.2) is 47.7 Å². The Labute approximate surface area is 534 Å². The van der Waals surface area contributed by atoms with Gasteiger partial charge in [0.15, 0.2) is 23.8 Å². The van der Waals surface area contributed by atoms with Crippen molar-refractivity contribution in [3.8, 4) is 45.3 Å². The van der Waals surface area contributed by atoms with Gasteiger partial charge in [-0.1, -0.05) is 71.0 Å². The van der Waals surface area contributed by atoms with Gasteiger partial charge in [0.1, 0.15) is 22.9 Å². The minimum absolute atomic E-state index is 0.00207. The molecule has 4 aliphatic heterocycles. The lowest BCUT2D eigenvalue weighted by Gasteiger charge is -2.36. The van der Waals surface area contributed by atoms with Crippen LogP contribution in [0.4, 0.5) is 5.95 Å². The summed E-state index contributed by atoms with van der Waals surface area (Å²) in [5.41, 5.74) is 18.6. The zero-order valence-corrected chi connectivity index (χ0v) is 53.9. The number of aliphatic hydroxyl groups excluding tert-OH is 2. The van der Waals surface area contributed by atoms with Crippen LogP contribution in [-0.4, -0.2) is 158 Å². The summed E-state index contributed by atoms with van der Waals surface area (Å²) in [5.74, 6) is 1.93. The van der Waals surface area contributed by atoms with Crippen molar-refractivity contribution < 1.29 is 37.2 Å². The first-order chi connectivity index (χ1) is 44.4. The molecule has 482 valence electrons. The number of ether oxygens (including phenoxy) is 2. The van der Waals surface area contributed by atoms with Gasteiger partial charge in [-0.3, -0.25) is 9.80 Å². The second-order valence-electron chi connectivity index (χ2n) is 24.7. The number of nitrogens with one attached hydrogen (secondary N) is 1. The maximum atomic E-state index is 12.1. The molecule has 2 aromatic carbocycles. The molecule has 6 atom stereocenters. The Kier molecular flexibility index (Phi) is 19.4. The lowest BCUT2D eigenvalue weighted by atomic mass is 10.0. The molecule has 0 spiro atoms. The number of fused-ring (bicyclic) bond motifs is 2. The van der Waals surface area contributed by atoms with Gasteiger partial charge in [0, 0.05) is 94.0 Å². The largest absolute Gasteiger partial charge is 0.392 e. The average Bonchev–Trinajstić information content (AvgIpc) is 1.61. The fourth-order valence-electron chi connectivity index (χ4n) is 12.8. The summed E-state index contributed by atoms with van der Waals surface area (Å²) in [6.07, 6.45) is 10.4. The minimum Gasteiger partial charge on any atom is -0.392 e. The number of hydrogen-bond donors (Lipinski definition) is 4. The highest BCUT2D eigenvalue weighted by atomic mass is 32.2. The van der Waals surface area contributed by atoms with Crippen LogP contribution in [0.25, 0.3) is 67.4 Å². The molecule has 2 unspecified atom stereocenters. The van der Waals surface area contributed by atoms with Gasteiger partial charge in [-0.15, -0.1) is 0 Å².